The summed E-state index contributed by atoms with van der Waals surface area (Å²) in [5, 5.41) is 31.4. The summed E-state index contributed by atoms with van der Waals surface area (Å²) < 4.78 is 0. The molecule has 0 saturated heterocycles. The molecular formula is C14H16N2O3. The van der Waals surface area contributed by atoms with Crippen molar-refractivity contribution in [3.05, 3.63) is 47.8 Å². The maximum Gasteiger partial charge on any atom is 0.200 e. The predicted molar refractivity (Wildman–Crippen MR) is 71.1 cm³/mol. The van der Waals surface area contributed by atoms with Gasteiger partial charge in [0.25, 0.3) is 0 Å². The van der Waals surface area contributed by atoms with Gasteiger partial charge in [-0.3, -0.25) is 4.98 Å². The van der Waals surface area contributed by atoms with Crippen LogP contribution in [0.3, 0.4) is 0 Å². The highest BCUT2D eigenvalue weighted by molar-refractivity contribution is 5.52. The van der Waals surface area contributed by atoms with Gasteiger partial charge in [0.2, 0.25) is 5.75 Å². The number of aromatic hydroxyl groups is 3. The molecule has 0 aliphatic carbocycles. The first-order valence-electron chi connectivity index (χ1n) is 6.01. The van der Waals surface area contributed by atoms with Crippen molar-refractivity contribution in [2.24, 2.45) is 0 Å². The van der Waals surface area contributed by atoms with Gasteiger partial charge >= 0.3 is 0 Å². The molecule has 4 N–H and O–H groups in total. The molecule has 0 saturated carbocycles. The van der Waals surface area contributed by atoms with Gasteiger partial charge in [-0.05, 0) is 36.7 Å². The minimum Gasteiger partial charge on any atom is -0.504 e. The summed E-state index contributed by atoms with van der Waals surface area (Å²) in [6.45, 7) is 1.16. The number of aromatic nitrogens is 1. The molecule has 19 heavy (non-hydrogen) atoms. The van der Waals surface area contributed by atoms with Crippen molar-refractivity contribution < 1.29 is 15.3 Å². The van der Waals surface area contributed by atoms with Crippen LogP contribution < -0.4 is 5.32 Å². The van der Waals surface area contributed by atoms with Gasteiger partial charge in [-0.2, -0.15) is 0 Å². The molecule has 0 unspecified atom stereocenters. The zero-order valence-electron chi connectivity index (χ0n) is 10.4. The average Bonchev–Trinajstić information content (AvgIpc) is 2.44. The second kappa shape index (κ2) is 6.06. The van der Waals surface area contributed by atoms with Crippen LogP contribution in [0.25, 0.3) is 0 Å². The topological polar surface area (TPSA) is 85.6 Å². The van der Waals surface area contributed by atoms with E-state index in [1.165, 1.54) is 11.6 Å². The highest BCUT2D eigenvalue weighted by atomic mass is 16.3. The quantitative estimate of drug-likeness (QED) is 0.484. The maximum atomic E-state index is 9.64. The number of phenols is 3. The predicted octanol–water partition coefficient (Wildman–Crippen LogP) is 1.53. The van der Waals surface area contributed by atoms with Crippen LogP contribution in [0.2, 0.25) is 0 Å². The lowest BCUT2D eigenvalue weighted by atomic mass is 10.1. The Morgan fingerprint density at radius 1 is 0.947 bits per heavy atom. The van der Waals surface area contributed by atoms with E-state index >= 15 is 0 Å². The van der Waals surface area contributed by atoms with Gasteiger partial charge in [0.1, 0.15) is 0 Å². The van der Waals surface area contributed by atoms with Gasteiger partial charge in [-0.1, -0.05) is 6.07 Å². The van der Waals surface area contributed by atoms with Crippen molar-refractivity contribution in [3.63, 3.8) is 0 Å². The number of hydrogen-bond acceptors (Lipinski definition) is 5. The van der Waals surface area contributed by atoms with E-state index in [-0.39, 0.29) is 11.5 Å². The number of benzene rings is 1. The molecule has 0 fully saturated rings. The first kappa shape index (κ1) is 13.2. The maximum absolute atomic E-state index is 9.64. The Kier molecular flexibility index (Phi) is 4.20. The van der Waals surface area contributed by atoms with E-state index in [1.54, 1.807) is 18.5 Å². The molecule has 100 valence electrons. The molecule has 0 aliphatic rings. The van der Waals surface area contributed by atoms with E-state index in [2.05, 4.69) is 10.3 Å². The zero-order chi connectivity index (χ0) is 13.7. The Labute approximate surface area is 111 Å². The molecule has 1 aromatic heterocycles. The Morgan fingerprint density at radius 2 is 1.68 bits per heavy atom. The molecule has 0 spiro atoms. The Balaban J connectivity index is 1.85. The molecule has 5 nitrogen and oxygen atoms in total. The third-order valence-electron chi connectivity index (χ3n) is 2.87. The summed E-state index contributed by atoms with van der Waals surface area (Å²) in [5.41, 5.74) is 1.73. The van der Waals surface area contributed by atoms with E-state index in [9.17, 15) is 15.3 Å². The standard InChI is InChI=1S/C14H16N2O3/c17-12-2-1-11(13(18)14(12)19)9-16-8-5-10-3-6-15-7-4-10/h1-4,6-7,16-19H,5,8-9H2. The number of nitrogens with one attached hydrogen (secondary N) is 1. The normalized spacial score (nSPS) is 10.5. The largest absolute Gasteiger partial charge is 0.504 e. The monoisotopic (exact) mass is 260 g/mol. The van der Waals surface area contributed by atoms with Crippen molar-refractivity contribution in [1.29, 1.82) is 0 Å². The van der Waals surface area contributed by atoms with Crippen molar-refractivity contribution in [3.8, 4) is 17.2 Å². The van der Waals surface area contributed by atoms with Crippen molar-refractivity contribution in [2.75, 3.05) is 6.54 Å². The van der Waals surface area contributed by atoms with Crippen LogP contribution in [0.1, 0.15) is 11.1 Å². The number of phenolic OH excluding ortho intramolecular Hbond substituents is 3. The highest BCUT2D eigenvalue weighted by Gasteiger charge is 2.10. The summed E-state index contributed by atoms with van der Waals surface area (Å²) in [7, 11) is 0. The third kappa shape index (κ3) is 3.35. The molecule has 0 atom stereocenters. The van der Waals surface area contributed by atoms with E-state index in [1.807, 2.05) is 12.1 Å². The fourth-order valence-corrected chi connectivity index (χ4v) is 1.76. The van der Waals surface area contributed by atoms with E-state index < -0.39 is 5.75 Å². The van der Waals surface area contributed by atoms with Crippen LogP contribution >= 0.6 is 0 Å². The lowest BCUT2D eigenvalue weighted by molar-refractivity contribution is 0.364. The van der Waals surface area contributed by atoms with Crippen molar-refractivity contribution in [2.45, 2.75) is 13.0 Å². The van der Waals surface area contributed by atoms with Gasteiger partial charge in [-0.15, -0.1) is 0 Å². The van der Waals surface area contributed by atoms with Gasteiger partial charge in [0.15, 0.2) is 11.5 Å². The van der Waals surface area contributed by atoms with Crippen LogP contribution in [0.4, 0.5) is 0 Å². The fourth-order valence-electron chi connectivity index (χ4n) is 1.76. The second-order valence-corrected chi connectivity index (χ2v) is 4.22. The third-order valence-corrected chi connectivity index (χ3v) is 2.87. The molecule has 2 aromatic rings. The van der Waals surface area contributed by atoms with Gasteiger partial charge in [0.05, 0.1) is 0 Å². The van der Waals surface area contributed by atoms with Crippen LogP contribution in [-0.4, -0.2) is 26.8 Å². The smallest absolute Gasteiger partial charge is 0.200 e. The first-order chi connectivity index (χ1) is 9.18. The SMILES string of the molecule is Oc1ccc(CNCCc2ccncc2)c(O)c1O. The second-order valence-electron chi connectivity index (χ2n) is 4.22. The fraction of sp³-hybridized carbons (Fsp3) is 0.214. The summed E-state index contributed by atoms with van der Waals surface area (Å²) in [4.78, 5) is 3.95. The number of nitrogens with zero attached hydrogens (tertiary/aromatic N) is 1. The number of rotatable bonds is 5. The Hall–Kier alpha value is -2.27. The molecule has 5 heteroatoms. The number of hydrogen-bond donors (Lipinski definition) is 4. The van der Waals surface area contributed by atoms with E-state index in [0.717, 1.165) is 13.0 Å². The average molecular weight is 260 g/mol. The van der Waals surface area contributed by atoms with Crippen LogP contribution in [-0.2, 0) is 13.0 Å². The number of pyridine rings is 1. The van der Waals surface area contributed by atoms with Gasteiger partial charge in [-0.25, -0.2) is 0 Å². The summed E-state index contributed by atoms with van der Waals surface area (Å²) in [6, 6.07) is 6.83. The van der Waals surface area contributed by atoms with E-state index in [0.29, 0.717) is 12.1 Å². The minimum absolute atomic E-state index is 0.281. The molecule has 0 aliphatic heterocycles. The summed E-state index contributed by atoms with van der Waals surface area (Å²) in [6.07, 6.45) is 4.35. The molecule has 1 aromatic carbocycles. The zero-order valence-corrected chi connectivity index (χ0v) is 10.4. The Bertz CT molecular complexity index is 544. The summed E-state index contributed by atoms with van der Waals surface area (Å²) in [5.74, 6) is -1.08. The lowest BCUT2D eigenvalue weighted by Crippen LogP contribution is -2.16. The van der Waals surface area contributed by atoms with Crippen LogP contribution in [0, 0.1) is 0 Å². The van der Waals surface area contributed by atoms with Crippen molar-refractivity contribution >= 4 is 0 Å². The van der Waals surface area contributed by atoms with Crippen molar-refractivity contribution in [1.82, 2.24) is 10.3 Å². The van der Waals surface area contributed by atoms with Crippen LogP contribution in [0.15, 0.2) is 36.7 Å². The van der Waals surface area contributed by atoms with Gasteiger partial charge in [0, 0.05) is 24.5 Å². The highest BCUT2D eigenvalue weighted by Crippen LogP contribution is 2.36. The molecule has 0 bridgehead atoms. The summed E-state index contributed by atoms with van der Waals surface area (Å²) >= 11 is 0. The molecule has 0 radical (unpaired) electrons. The van der Waals surface area contributed by atoms with E-state index in [4.69, 9.17) is 0 Å². The molecule has 0 amide bonds. The molecular weight excluding hydrogens is 244 g/mol. The lowest BCUT2D eigenvalue weighted by Gasteiger charge is -2.09. The molecule has 2 rings (SSSR count). The van der Waals surface area contributed by atoms with Crippen LogP contribution in [0.5, 0.6) is 17.2 Å². The Morgan fingerprint density at radius 3 is 2.42 bits per heavy atom. The first-order valence-corrected chi connectivity index (χ1v) is 6.01. The van der Waals surface area contributed by atoms with Gasteiger partial charge < -0.3 is 20.6 Å². The molecule has 1 heterocycles. The minimum atomic E-state index is -0.478.